The molecule has 0 fully saturated rings. The van der Waals surface area contributed by atoms with Crippen LogP contribution in [0.2, 0.25) is 0 Å². The van der Waals surface area contributed by atoms with Crippen molar-refractivity contribution in [2.75, 3.05) is 32.8 Å². The van der Waals surface area contributed by atoms with Gasteiger partial charge in [0.1, 0.15) is 24.8 Å². The van der Waals surface area contributed by atoms with Gasteiger partial charge in [0.15, 0.2) is 17.3 Å². The number of anilines is 2. The smallest absolute Gasteiger partial charge is 0.432 e. The maximum absolute atomic E-state index is 11.5. The summed E-state index contributed by atoms with van der Waals surface area (Å²) in [6.45, 7) is 1.17. The van der Waals surface area contributed by atoms with Crippen molar-refractivity contribution in [2.45, 2.75) is 6.61 Å². The first-order chi connectivity index (χ1) is 21.5. The zero-order valence-electron chi connectivity index (χ0n) is 24.1. The van der Waals surface area contributed by atoms with Crippen molar-refractivity contribution in [2.24, 2.45) is 0 Å². The van der Waals surface area contributed by atoms with Crippen LogP contribution in [-0.2, 0) is 11.3 Å². The van der Waals surface area contributed by atoms with Crippen molar-refractivity contribution in [1.29, 1.82) is 0 Å². The van der Waals surface area contributed by atoms with E-state index < -0.39 is 6.09 Å². The van der Waals surface area contributed by atoms with Gasteiger partial charge in [0.2, 0.25) is 0 Å². The normalized spacial score (nSPS) is 11.0. The first kappa shape index (κ1) is 28.4. The van der Waals surface area contributed by atoms with Crippen LogP contribution in [0, 0.1) is 0 Å². The van der Waals surface area contributed by atoms with E-state index in [9.17, 15) is 9.90 Å². The van der Waals surface area contributed by atoms with Gasteiger partial charge in [-0.15, -0.1) is 0 Å². The minimum Gasteiger partial charge on any atom is -0.493 e. The van der Waals surface area contributed by atoms with Crippen LogP contribution in [0.5, 0.6) is 17.2 Å². The van der Waals surface area contributed by atoms with Crippen LogP contribution in [0.4, 0.5) is 16.3 Å². The second kappa shape index (κ2) is 12.7. The molecule has 0 unspecified atom stereocenters. The zero-order valence-corrected chi connectivity index (χ0v) is 24.1. The van der Waals surface area contributed by atoms with E-state index in [2.05, 4.69) is 10.4 Å². The van der Waals surface area contributed by atoms with Crippen molar-refractivity contribution >= 4 is 39.4 Å². The Labute approximate surface area is 252 Å². The Kier molecular flexibility index (Phi) is 8.19. The number of hydrogen-bond acceptors (Lipinski definition) is 9. The molecule has 2 aromatic heterocycles. The summed E-state index contributed by atoms with van der Waals surface area (Å²) in [4.78, 5) is 21.3. The Balaban J connectivity index is 1.41. The minimum absolute atomic E-state index is 0.333. The first-order valence-corrected chi connectivity index (χ1v) is 13.8. The van der Waals surface area contributed by atoms with E-state index in [4.69, 9.17) is 28.9 Å². The van der Waals surface area contributed by atoms with Crippen LogP contribution >= 0.6 is 0 Å². The first-order valence-electron chi connectivity index (χ1n) is 13.8. The molecule has 4 aromatic carbocycles. The topological polar surface area (TPSA) is 130 Å². The van der Waals surface area contributed by atoms with Crippen LogP contribution in [0.3, 0.4) is 0 Å². The molecule has 6 rings (SSSR count). The fourth-order valence-electron chi connectivity index (χ4n) is 4.73. The molecule has 0 saturated carbocycles. The molecule has 6 aromatic rings. The third-order valence-electron chi connectivity index (χ3n) is 6.88. The average Bonchev–Trinajstić information content (AvgIpc) is 3.48. The molecule has 2 heterocycles. The van der Waals surface area contributed by atoms with Crippen molar-refractivity contribution in [3.05, 3.63) is 96.7 Å². The van der Waals surface area contributed by atoms with Gasteiger partial charge in [-0.1, -0.05) is 42.5 Å². The van der Waals surface area contributed by atoms with Crippen molar-refractivity contribution in [1.82, 2.24) is 19.7 Å². The predicted molar refractivity (Wildman–Crippen MR) is 166 cm³/mol. The second-order valence-corrected chi connectivity index (χ2v) is 9.80. The number of ether oxygens (including phenoxy) is 4. The maximum Gasteiger partial charge on any atom is 0.432 e. The van der Waals surface area contributed by atoms with Crippen LogP contribution < -0.4 is 19.5 Å². The van der Waals surface area contributed by atoms with E-state index in [-0.39, 0.29) is 0 Å². The third kappa shape index (κ3) is 6.08. The highest BCUT2D eigenvalue weighted by Crippen LogP contribution is 2.37. The van der Waals surface area contributed by atoms with Crippen LogP contribution in [-0.4, -0.2) is 58.4 Å². The highest BCUT2D eigenvalue weighted by molar-refractivity contribution is 5.96. The van der Waals surface area contributed by atoms with E-state index in [1.165, 1.54) is 6.20 Å². The number of fused-ring (bicyclic) bond motifs is 2. The van der Waals surface area contributed by atoms with Gasteiger partial charge in [-0.3, -0.25) is 0 Å². The van der Waals surface area contributed by atoms with Crippen LogP contribution in [0.15, 0.2) is 91.1 Å². The molecule has 222 valence electrons. The average molecular weight is 592 g/mol. The molecule has 0 spiro atoms. The van der Waals surface area contributed by atoms with E-state index in [1.54, 1.807) is 26.4 Å². The minimum atomic E-state index is -1.16. The molecule has 0 atom stereocenters. The molecule has 11 nitrogen and oxygen atoms in total. The number of aromatic nitrogens is 4. The molecular weight excluding hydrogens is 562 g/mol. The van der Waals surface area contributed by atoms with Gasteiger partial charge in [-0.2, -0.15) is 9.78 Å². The Hall–Kier alpha value is -5.68. The Morgan fingerprint density at radius 3 is 2.55 bits per heavy atom. The molecule has 0 aliphatic rings. The molecule has 11 heteroatoms. The number of carboxylic acid groups (broad SMARTS) is 1. The fourth-order valence-corrected chi connectivity index (χ4v) is 4.73. The lowest BCUT2D eigenvalue weighted by Gasteiger charge is -2.15. The molecule has 0 radical (unpaired) electrons. The molecule has 2 N–H and O–H groups in total. The summed E-state index contributed by atoms with van der Waals surface area (Å²) in [6, 6.07) is 26.5. The standard InChI is InChI=1S/C33H29N5O6/c1-41-13-14-43-30-17-26-27(18-29(30)42-2)36-31(22-9-6-10-25(16-22)44-20-21-7-4-3-5-8-21)37-32(26)35-24-11-12-28-23(15-24)19-34-38(28)33(39)40/h3-12,15-19H,13-14,20H2,1-2H3,(H,39,40)(H,35,36,37). The van der Waals surface area contributed by atoms with Gasteiger partial charge in [-0.25, -0.2) is 14.8 Å². The Morgan fingerprint density at radius 2 is 1.75 bits per heavy atom. The van der Waals surface area contributed by atoms with E-state index in [0.29, 0.717) is 76.2 Å². The summed E-state index contributed by atoms with van der Waals surface area (Å²) >= 11 is 0. The monoisotopic (exact) mass is 591 g/mol. The second-order valence-electron chi connectivity index (χ2n) is 9.80. The Morgan fingerprint density at radius 1 is 0.886 bits per heavy atom. The van der Waals surface area contributed by atoms with Crippen molar-refractivity contribution in [3.8, 4) is 28.6 Å². The molecule has 44 heavy (non-hydrogen) atoms. The van der Waals surface area contributed by atoms with Gasteiger partial charge in [0.25, 0.3) is 0 Å². The lowest BCUT2D eigenvalue weighted by Crippen LogP contribution is -2.08. The summed E-state index contributed by atoms with van der Waals surface area (Å²) in [5, 5.41) is 18.1. The summed E-state index contributed by atoms with van der Waals surface area (Å²) in [5.74, 6) is 2.72. The number of hydrogen-bond donors (Lipinski definition) is 2. The molecule has 0 amide bonds. The van der Waals surface area contributed by atoms with Gasteiger partial charge in [-0.05, 0) is 42.0 Å². The van der Waals surface area contributed by atoms with Gasteiger partial charge >= 0.3 is 6.09 Å². The molecule has 0 aliphatic heterocycles. The summed E-state index contributed by atoms with van der Waals surface area (Å²) < 4.78 is 23.7. The SMILES string of the molecule is COCCOc1cc2c(Nc3ccc4c(cnn4C(=O)O)c3)nc(-c3cccc(OCc4ccccc4)c3)nc2cc1OC. The van der Waals surface area contributed by atoms with Crippen LogP contribution in [0.1, 0.15) is 5.56 Å². The number of benzene rings is 4. The zero-order chi connectivity index (χ0) is 30.5. The van der Waals surface area contributed by atoms with Gasteiger partial charge in [0, 0.05) is 35.2 Å². The van der Waals surface area contributed by atoms with Crippen LogP contribution in [0.25, 0.3) is 33.2 Å². The van der Waals surface area contributed by atoms with Gasteiger partial charge in [0.05, 0.1) is 30.9 Å². The highest BCUT2D eigenvalue weighted by atomic mass is 16.5. The summed E-state index contributed by atoms with van der Waals surface area (Å²) in [6.07, 6.45) is 0.350. The largest absolute Gasteiger partial charge is 0.493 e. The lowest BCUT2D eigenvalue weighted by molar-refractivity contribution is 0.144. The Bertz CT molecular complexity index is 1940. The predicted octanol–water partition coefficient (Wildman–Crippen LogP) is 6.53. The number of carbonyl (C=O) groups is 1. The molecule has 0 saturated heterocycles. The molecule has 0 aliphatic carbocycles. The van der Waals surface area contributed by atoms with E-state index in [0.717, 1.165) is 15.8 Å². The van der Waals surface area contributed by atoms with Crippen molar-refractivity contribution < 1.29 is 28.8 Å². The molecule has 0 bridgehead atoms. The van der Waals surface area contributed by atoms with Crippen molar-refractivity contribution in [3.63, 3.8) is 0 Å². The quantitative estimate of drug-likeness (QED) is 0.160. The molecular formula is C33H29N5O6. The highest BCUT2D eigenvalue weighted by Gasteiger charge is 2.17. The number of nitrogens with one attached hydrogen (secondary N) is 1. The summed E-state index contributed by atoms with van der Waals surface area (Å²) in [7, 11) is 3.18. The lowest BCUT2D eigenvalue weighted by atomic mass is 10.1. The number of nitrogens with zero attached hydrogens (tertiary/aromatic N) is 4. The maximum atomic E-state index is 11.5. The van der Waals surface area contributed by atoms with E-state index >= 15 is 0 Å². The third-order valence-corrected chi connectivity index (χ3v) is 6.88. The number of methoxy groups -OCH3 is 2. The number of rotatable bonds is 11. The van der Waals surface area contributed by atoms with Gasteiger partial charge < -0.3 is 29.4 Å². The van der Waals surface area contributed by atoms with E-state index in [1.807, 2.05) is 72.8 Å². The fraction of sp³-hybridized carbons (Fsp3) is 0.152. The summed E-state index contributed by atoms with van der Waals surface area (Å²) in [5.41, 5.74) is 3.61.